The first-order chi connectivity index (χ1) is 15.1. The quantitative estimate of drug-likeness (QED) is 0.520. The molecule has 0 aromatic heterocycles. The number of Topliss-reactive ketones (excluding diaryl/α,β-unsaturated/α-hetero) is 2. The maximum Gasteiger partial charge on any atom is 0.196 e. The van der Waals surface area contributed by atoms with Crippen LogP contribution in [0.3, 0.4) is 0 Å². The number of rotatable bonds is 4. The molecule has 3 aromatic carbocycles. The van der Waals surface area contributed by atoms with Crippen molar-refractivity contribution >= 4 is 27.5 Å². The highest BCUT2D eigenvalue weighted by atomic mass is 79.9. The summed E-state index contributed by atoms with van der Waals surface area (Å²) in [5.41, 5.74) is 1.78. The van der Waals surface area contributed by atoms with Gasteiger partial charge in [0.1, 0.15) is 0 Å². The SMILES string of the molecule is O=C1c2ccccc2C(=O)C1(c1cccc(Br)c1)N1CCN(Cc2ccccc2)CC1. The van der Waals surface area contributed by atoms with Crippen LogP contribution in [0.2, 0.25) is 0 Å². The molecule has 0 bridgehead atoms. The van der Waals surface area contributed by atoms with Crippen LogP contribution in [0.1, 0.15) is 31.8 Å². The van der Waals surface area contributed by atoms with E-state index in [9.17, 15) is 9.59 Å². The van der Waals surface area contributed by atoms with Crippen LogP contribution < -0.4 is 0 Å². The molecule has 1 saturated heterocycles. The number of piperazine rings is 1. The van der Waals surface area contributed by atoms with Crippen LogP contribution in [-0.2, 0) is 12.1 Å². The van der Waals surface area contributed by atoms with Gasteiger partial charge >= 0.3 is 0 Å². The summed E-state index contributed by atoms with van der Waals surface area (Å²) >= 11 is 3.53. The van der Waals surface area contributed by atoms with E-state index in [1.54, 1.807) is 12.1 Å². The topological polar surface area (TPSA) is 40.6 Å². The summed E-state index contributed by atoms with van der Waals surface area (Å²) in [6.45, 7) is 3.80. The van der Waals surface area contributed by atoms with Crippen molar-refractivity contribution in [2.24, 2.45) is 0 Å². The van der Waals surface area contributed by atoms with E-state index in [0.29, 0.717) is 24.2 Å². The van der Waals surface area contributed by atoms with Crippen LogP contribution in [0.15, 0.2) is 83.3 Å². The van der Waals surface area contributed by atoms with Crippen molar-refractivity contribution in [2.75, 3.05) is 26.2 Å². The van der Waals surface area contributed by atoms with Gasteiger partial charge in [0.25, 0.3) is 0 Å². The molecule has 0 amide bonds. The predicted molar refractivity (Wildman–Crippen MR) is 124 cm³/mol. The number of fused-ring (bicyclic) bond motifs is 1. The first kappa shape index (κ1) is 20.3. The zero-order valence-electron chi connectivity index (χ0n) is 17.1. The fraction of sp³-hybridized carbons (Fsp3) is 0.231. The Bertz CT molecular complexity index is 1100. The van der Waals surface area contributed by atoms with E-state index in [-0.39, 0.29) is 11.6 Å². The van der Waals surface area contributed by atoms with E-state index in [2.05, 4.69) is 50.0 Å². The summed E-state index contributed by atoms with van der Waals surface area (Å²) in [6.07, 6.45) is 0. The Morgan fingerprint density at radius 3 is 1.97 bits per heavy atom. The second-order valence-corrected chi connectivity index (χ2v) is 9.09. The Morgan fingerprint density at radius 1 is 0.742 bits per heavy atom. The van der Waals surface area contributed by atoms with Crippen LogP contribution >= 0.6 is 15.9 Å². The standard InChI is InChI=1S/C26H23BrN2O2/c27-21-10-6-9-20(17-21)26(24(30)22-11-4-5-12-23(22)25(26)31)29-15-13-28(14-16-29)18-19-7-2-1-3-8-19/h1-12,17H,13-16,18H2. The molecule has 0 spiro atoms. The van der Waals surface area contributed by atoms with Gasteiger partial charge in [-0.05, 0) is 23.3 Å². The minimum absolute atomic E-state index is 0.109. The lowest BCUT2D eigenvalue weighted by molar-refractivity contribution is 0.0279. The number of carbonyl (C=O) groups is 2. The fourth-order valence-corrected chi connectivity index (χ4v) is 5.30. The van der Waals surface area contributed by atoms with Crippen molar-refractivity contribution in [3.63, 3.8) is 0 Å². The first-order valence-corrected chi connectivity index (χ1v) is 11.4. The normalized spacial score (nSPS) is 18.9. The lowest BCUT2D eigenvalue weighted by Gasteiger charge is -2.44. The third-order valence-electron chi connectivity index (χ3n) is 6.41. The molecule has 0 radical (unpaired) electrons. The molecule has 1 aliphatic heterocycles. The van der Waals surface area contributed by atoms with Crippen molar-refractivity contribution in [1.82, 2.24) is 9.80 Å². The number of benzene rings is 3. The van der Waals surface area contributed by atoms with Crippen molar-refractivity contribution in [3.05, 3.63) is 106 Å². The van der Waals surface area contributed by atoms with Crippen LogP contribution in [0.5, 0.6) is 0 Å². The molecule has 5 heteroatoms. The monoisotopic (exact) mass is 474 g/mol. The van der Waals surface area contributed by atoms with Gasteiger partial charge in [-0.25, -0.2) is 0 Å². The predicted octanol–water partition coefficient (Wildman–Crippen LogP) is 4.54. The Labute approximate surface area is 190 Å². The third-order valence-corrected chi connectivity index (χ3v) is 6.90. The molecule has 1 heterocycles. The van der Waals surface area contributed by atoms with Crippen LogP contribution in [0.25, 0.3) is 0 Å². The maximum absolute atomic E-state index is 13.8. The number of hydrogen-bond acceptors (Lipinski definition) is 4. The molecular formula is C26H23BrN2O2. The Morgan fingerprint density at radius 2 is 1.35 bits per heavy atom. The first-order valence-electron chi connectivity index (χ1n) is 10.6. The van der Waals surface area contributed by atoms with E-state index in [1.807, 2.05) is 42.5 Å². The molecule has 3 aromatic rings. The summed E-state index contributed by atoms with van der Waals surface area (Å²) < 4.78 is 0.864. The Hall–Kier alpha value is -2.60. The molecule has 2 aliphatic rings. The van der Waals surface area contributed by atoms with Crippen LogP contribution in [-0.4, -0.2) is 47.5 Å². The minimum Gasteiger partial charge on any atom is -0.297 e. The highest BCUT2D eigenvalue weighted by Crippen LogP contribution is 2.43. The smallest absolute Gasteiger partial charge is 0.196 e. The van der Waals surface area contributed by atoms with E-state index in [4.69, 9.17) is 0 Å². The molecule has 4 nitrogen and oxygen atoms in total. The second kappa shape index (κ2) is 8.15. The molecule has 5 rings (SSSR count). The average molecular weight is 475 g/mol. The third kappa shape index (κ3) is 3.37. The van der Waals surface area contributed by atoms with Gasteiger partial charge in [0.2, 0.25) is 0 Å². The van der Waals surface area contributed by atoms with Gasteiger partial charge in [0.15, 0.2) is 17.1 Å². The highest BCUT2D eigenvalue weighted by molar-refractivity contribution is 9.10. The van der Waals surface area contributed by atoms with Gasteiger partial charge in [-0.3, -0.25) is 19.4 Å². The lowest BCUT2D eigenvalue weighted by atomic mass is 9.82. The number of hydrogen-bond donors (Lipinski definition) is 0. The van der Waals surface area contributed by atoms with Crippen LogP contribution in [0.4, 0.5) is 0 Å². The lowest BCUT2D eigenvalue weighted by Crippen LogP contribution is -2.60. The summed E-state index contributed by atoms with van der Waals surface area (Å²) in [5.74, 6) is -0.217. The molecule has 1 fully saturated rings. The fourth-order valence-electron chi connectivity index (χ4n) is 4.90. The molecule has 156 valence electrons. The number of carbonyl (C=O) groups excluding carboxylic acids is 2. The van der Waals surface area contributed by atoms with Crippen molar-refractivity contribution < 1.29 is 9.59 Å². The molecule has 1 aliphatic carbocycles. The van der Waals surface area contributed by atoms with E-state index >= 15 is 0 Å². The maximum atomic E-state index is 13.8. The second-order valence-electron chi connectivity index (χ2n) is 8.17. The molecule has 0 saturated carbocycles. The number of nitrogens with zero attached hydrogens (tertiary/aromatic N) is 2. The van der Waals surface area contributed by atoms with Crippen molar-refractivity contribution in [1.29, 1.82) is 0 Å². The minimum atomic E-state index is -1.29. The zero-order valence-corrected chi connectivity index (χ0v) is 18.7. The van der Waals surface area contributed by atoms with Gasteiger partial charge in [0, 0.05) is 48.3 Å². The highest BCUT2D eigenvalue weighted by Gasteiger charge is 2.58. The molecule has 0 unspecified atom stereocenters. The van der Waals surface area contributed by atoms with E-state index < -0.39 is 5.54 Å². The summed E-state index contributed by atoms with van der Waals surface area (Å²) in [6, 6.07) is 25.3. The van der Waals surface area contributed by atoms with Crippen molar-refractivity contribution in [2.45, 2.75) is 12.1 Å². The molecule has 0 N–H and O–H groups in total. The molecular weight excluding hydrogens is 452 g/mol. The number of ketones is 2. The Kier molecular flexibility index (Phi) is 5.34. The van der Waals surface area contributed by atoms with Gasteiger partial charge in [0.05, 0.1) is 0 Å². The van der Waals surface area contributed by atoms with E-state index in [0.717, 1.165) is 29.7 Å². The summed E-state index contributed by atoms with van der Waals surface area (Å²) in [4.78, 5) is 32.1. The largest absolute Gasteiger partial charge is 0.297 e. The van der Waals surface area contributed by atoms with Crippen molar-refractivity contribution in [3.8, 4) is 0 Å². The van der Waals surface area contributed by atoms with Gasteiger partial charge in [-0.1, -0.05) is 82.7 Å². The summed E-state index contributed by atoms with van der Waals surface area (Å²) in [5, 5.41) is 0. The molecule has 31 heavy (non-hydrogen) atoms. The molecule has 0 atom stereocenters. The van der Waals surface area contributed by atoms with E-state index in [1.165, 1.54) is 5.56 Å². The van der Waals surface area contributed by atoms with Crippen LogP contribution in [0, 0.1) is 0 Å². The van der Waals surface area contributed by atoms with Gasteiger partial charge in [-0.15, -0.1) is 0 Å². The Balaban J connectivity index is 1.49. The van der Waals surface area contributed by atoms with Gasteiger partial charge in [-0.2, -0.15) is 0 Å². The zero-order chi connectivity index (χ0) is 21.4. The average Bonchev–Trinajstić information content (AvgIpc) is 3.03. The number of halogens is 1. The summed E-state index contributed by atoms with van der Waals surface area (Å²) in [7, 11) is 0. The van der Waals surface area contributed by atoms with Gasteiger partial charge < -0.3 is 0 Å².